The fourth-order valence-corrected chi connectivity index (χ4v) is 23.4. The number of allylic oxidation sites excluding steroid dienone is 3. The number of hydrogen-bond acceptors (Lipinski definition) is 0. The summed E-state index contributed by atoms with van der Waals surface area (Å²) in [6.07, 6.45) is 24.7. The Morgan fingerprint density at radius 1 is 0.566 bits per heavy atom. The fraction of sp³-hybridized carbons (Fsp3) is 0.830. The first-order valence-corrected chi connectivity index (χ1v) is 26.4. The first kappa shape index (κ1) is 58.6. The van der Waals surface area contributed by atoms with Gasteiger partial charge in [-0.15, -0.1) is 18.0 Å². The van der Waals surface area contributed by atoms with E-state index in [9.17, 15) is 0 Å². The third kappa shape index (κ3) is 15.4. The van der Waals surface area contributed by atoms with Crippen LogP contribution < -0.4 is 0 Å². The summed E-state index contributed by atoms with van der Waals surface area (Å²) in [6.45, 7) is 34.4. The van der Waals surface area contributed by atoms with Crippen LogP contribution in [-0.4, -0.2) is 27.5 Å². The summed E-state index contributed by atoms with van der Waals surface area (Å²) in [4.78, 5) is 10.8. The van der Waals surface area contributed by atoms with Crippen molar-refractivity contribution in [1.82, 2.24) is 0 Å². The van der Waals surface area contributed by atoms with Crippen molar-refractivity contribution in [3.8, 4) is 0 Å². The molecule has 0 spiro atoms. The Morgan fingerprint density at radius 2 is 0.868 bits per heavy atom. The summed E-state index contributed by atoms with van der Waals surface area (Å²) < 4.78 is 0. The van der Waals surface area contributed by atoms with E-state index < -0.39 is 16.5 Å². The van der Waals surface area contributed by atoms with Crippen LogP contribution in [0.4, 0.5) is 0 Å². The zero-order valence-corrected chi connectivity index (χ0v) is 43.8. The van der Waals surface area contributed by atoms with E-state index in [1.807, 2.05) is 13.0 Å². The molecule has 0 aromatic rings. The molecule has 0 bridgehead atoms. The van der Waals surface area contributed by atoms with Gasteiger partial charge in [-0.25, -0.2) is 12.2 Å². The van der Waals surface area contributed by atoms with Gasteiger partial charge in [-0.05, 0) is 97.7 Å². The Kier molecular flexibility index (Phi) is 26.3. The molecule has 6 aliphatic rings. The van der Waals surface area contributed by atoms with Crippen LogP contribution in [0.5, 0.6) is 0 Å². The molecular weight excluding hydrogens is 744 g/mol. The molecule has 6 rings (SSSR count). The molecule has 6 aliphatic carbocycles. The van der Waals surface area contributed by atoms with E-state index in [0.29, 0.717) is 0 Å². The van der Waals surface area contributed by atoms with E-state index in [2.05, 4.69) is 94.2 Å². The standard InChI is InChI=1S/2C19H36NSi.C5H7.4CH3.2Ti/c2*1-13-10-16-11-14-8-7-9-15(14)12-17(16)18(13)21(5,6)20-19(2,3)4;1-3-5-4-2;;;;;;/h2*13-18H,7-12H2,1-6H3;4-5H,1H2,2H3;4*1H3;;/q7*-1;+3;+4/b;;5-4+;;;;;;. The minimum Gasteiger partial charge on any atom is -0.660 e. The summed E-state index contributed by atoms with van der Waals surface area (Å²) >= 11 is 0. The summed E-state index contributed by atoms with van der Waals surface area (Å²) in [6, 6.07) is 0. The molecule has 0 aromatic heterocycles. The van der Waals surface area contributed by atoms with Gasteiger partial charge in [0.15, 0.2) is 0 Å². The zero-order valence-electron chi connectivity index (χ0n) is 38.7. The number of nitrogens with zero attached hydrogens (tertiary/aromatic N) is 2. The monoisotopic (exact) mass is 836 g/mol. The molecule has 0 amide bonds. The second-order valence-electron chi connectivity index (χ2n) is 20.7. The Bertz CT molecular complexity index is 972. The van der Waals surface area contributed by atoms with Gasteiger partial charge in [0.05, 0.1) is 0 Å². The smallest absolute Gasteiger partial charge is 0.660 e. The minimum atomic E-state index is -1.50. The van der Waals surface area contributed by atoms with Crippen molar-refractivity contribution in [2.24, 2.45) is 59.2 Å². The van der Waals surface area contributed by atoms with Crippen molar-refractivity contribution in [1.29, 1.82) is 0 Å². The maximum Gasteiger partial charge on any atom is 4.00 e. The zero-order chi connectivity index (χ0) is 34.9. The van der Waals surface area contributed by atoms with Crippen LogP contribution in [0.1, 0.15) is 139 Å². The van der Waals surface area contributed by atoms with Crippen molar-refractivity contribution >= 4 is 16.5 Å². The third-order valence-electron chi connectivity index (χ3n) is 13.9. The molecule has 12 unspecified atom stereocenters. The van der Waals surface area contributed by atoms with Crippen LogP contribution in [0.15, 0.2) is 18.7 Å². The Morgan fingerprint density at radius 3 is 1.11 bits per heavy atom. The molecule has 6 saturated carbocycles. The molecule has 6 fully saturated rings. The predicted octanol–water partition coefficient (Wildman–Crippen LogP) is 15.8. The third-order valence-corrected chi connectivity index (χ3v) is 21.6. The van der Waals surface area contributed by atoms with E-state index in [0.717, 1.165) is 70.3 Å². The van der Waals surface area contributed by atoms with Crippen LogP contribution >= 0.6 is 0 Å². The molecule has 1 radical (unpaired) electrons. The van der Waals surface area contributed by atoms with Crippen molar-refractivity contribution < 1.29 is 43.4 Å². The maximum absolute atomic E-state index is 5.39. The quantitative estimate of drug-likeness (QED) is 0.150. The van der Waals surface area contributed by atoms with Gasteiger partial charge >= 0.3 is 43.4 Å². The normalized spacial score (nSPS) is 35.5. The summed E-state index contributed by atoms with van der Waals surface area (Å²) in [5.41, 5.74) is 2.20. The molecule has 2 nitrogen and oxygen atoms in total. The number of hydrogen-bond donors (Lipinski definition) is 0. The van der Waals surface area contributed by atoms with Crippen LogP contribution in [0.3, 0.4) is 0 Å². The predicted molar refractivity (Wildman–Crippen MR) is 240 cm³/mol. The van der Waals surface area contributed by atoms with Crippen molar-refractivity contribution in [2.75, 3.05) is 0 Å². The van der Waals surface area contributed by atoms with E-state index >= 15 is 0 Å². The van der Waals surface area contributed by atoms with Crippen molar-refractivity contribution in [2.45, 2.75) is 188 Å². The molecule has 6 heteroatoms. The first-order chi connectivity index (χ1) is 21.8. The van der Waals surface area contributed by atoms with Crippen LogP contribution in [0.2, 0.25) is 37.3 Å². The number of rotatable bonds is 5. The number of fused-ring (bicyclic) bond motifs is 4. The van der Waals surface area contributed by atoms with E-state index in [4.69, 9.17) is 9.96 Å². The average molecular weight is 836 g/mol. The van der Waals surface area contributed by atoms with Gasteiger partial charge in [-0.2, -0.15) is 6.58 Å². The summed E-state index contributed by atoms with van der Waals surface area (Å²) in [7, 11) is -2.99. The van der Waals surface area contributed by atoms with Gasteiger partial charge in [0.1, 0.15) is 0 Å². The topological polar surface area (TPSA) is 28.2 Å². The van der Waals surface area contributed by atoms with E-state index in [1.54, 1.807) is 44.6 Å². The van der Waals surface area contributed by atoms with Crippen LogP contribution in [0.25, 0.3) is 9.96 Å². The van der Waals surface area contributed by atoms with Gasteiger partial charge in [0, 0.05) is 0 Å². The SMILES string of the molecule is C=[C-]/C=C/C.CC1CC2CC3CCCC3CC2C1[Si](C)(C)[N-]C(C)(C)C.CC1CC2CC3CCCC3CC2C1[Si](C)(C)[N-]C(C)(C)C.[CH3-].[CH3-].[CH3-].[CH3-].[Ti+3].[Ti+4]. The van der Waals surface area contributed by atoms with Gasteiger partial charge < -0.3 is 39.7 Å². The van der Waals surface area contributed by atoms with Gasteiger partial charge in [0.2, 0.25) is 0 Å². The van der Waals surface area contributed by atoms with Gasteiger partial charge in [0.25, 0.3) is 0 Å². The maximum atomic E-state index is 5.39. The first-order valence-electron chi connectivity index (χ1n) is 20.4. The van der Waals surface area contributed by atoms with Gasteiger partial charge in [-0.1, -0.05) is 148 Å². The molecular formula is C47H91N2Si2Ti2. The summed E-state index contributed by atoms with van der Waals surface area (Å²) in [5.74, 6) is 10.3. The van der Waals surface area contributed by atoms with Crippen LogP contribution in [-0.2, 0) is 43.4 Å². The molecule has 305 valence electrons. The Balaban J connectivity index is -0.000000760. The second kappa shape index (κ2) is 23.8. The minimum absolute atomic E-state index is 0. The summed E-state index contributed by atoms with van der Waals surface area (Å²) in [5, 5.41) is 0. The molecule has 0 aliphatic heterocycles. The fourth-order valence-electron chi connectivity index (χ4n) is 13.6. The van der Waals surface area contributed by atoms with Crippen molar-refractivity contribution in [3.63, 3.8) is 0 Å². The van der Waals surface area contributed by atoms with Gasteiger partial charge in [-0.3, -0.25) is 6.08 Å². The molecule has 0 heterocycles. The molecule has 53 heavy (non-hydrogen) atoms. The molecule has 0 N–H and O–H groups in total. The Labute approximate surface area is 368 Å². The Hall–Kier alpha value is 1.26. The average Bonchev–Trinajstić information content (AvgIpc) is 3.67. The largest absolute Gasteiger partial charge is 4.00 e. The van der Waals surface area contributed by atoms with E-state index in [1.165, 1.54) is 38.5 Å². The van der Waals surface area contributed by atoms with Crippen LogP contribution in [0, 0.1) is 95.0 Å². The second-order valence-corrected chi connectivity index (χ2v) is 29.1. The van der Waals surface area contributed by atoms with E-state index in [-0.39, 0.29) is 84.2 Å². The molecule has 0 aromatic carbocycles. The molecule has 0 saturated heterocycles. The van der Waals surface area contributed by atoms with Crippen molar-refractivity contribution in [3.05, 3.63) is 64.5 Å². The molecule has 12 atom stereocenters.